The summed E-state index contributed by atoms with van der Waals surface area (Å²) < 4.78 is 9.22. The van der Waals surface area contributed by atoms with Crippen LogP contribution in [0, 0.1) is 0 Å². The molecule has 0 aliphatic rings. The molecule has 0 atom stereocenters. The number of rotatable bonds is 6. The zero-order valence-corrected chi connectivity index (χ0v) is 11.9. The molecular formula is C11H18N4O5. The van der Waals surface area contributed by atoms with E-state index in [4.69, 9.17) is 0 Å². The van der Waals surface area contributed by atoms with E-state index in [2.05, 4.69) is 19.7 Å². The first kappa shape index (κ1) is 17.6. The first-order chi connectivity index (χ1) is 9.42. The van der Waals surface area contributed by atoms with Gasteiger partial charge in [0, 0.05) is 14.1 Å². The molecule has 0 fully saturated rings. The molecule has 9 heteroatoms. The van der Waals surface area contributed by atoms with Gasteiger partial charge in [-0.05, 0) is 13.8 Å². The van der Waals surface area contributed by atoms with E-state index >= 15 is 0 Å². The van der Waals surface area contributed by atoms with Crippen molar-refractivity contribution in [3.63, 3.8) is 0 Å². The molecule has 0 saturated heterocycles. The molecule has 0 aromatic heterocycles. The Labute approximate surface area is 116 Å². The maximum Gasteiger partial charge on any atom is 0.360 e. The Kier molecular flexibility index (Phi) is 8.32. The normalized spacial score (nSPS) is 10.6. The summed E-state index contributed by atoms with van der Waals surface area (Å²) in [5.41, 5.74) is 0. The van der Waals surface area contributed by atoms with E-state index in [1.165, 1.54) is 14.1 Å². The van der Waals surface area contributed by atoms with Crippen molar-refractivity contribution in [1.29, 1.82) is 0 Å². The highest BCUT2D eigenvalue weighted by atomic mass is 16.5. The Bertz CT molecular complexity index is 372. The van der Waals surface area contributed by atoms with Gasteiger partial charge < -0.3 is 9.47 Å². The third-order valence-corrected chi connectivity index (χ3v) is 1.80. The molecule has 112 valence electrons. The molecule has 20 heavy (non-hydrogen) atoms. The number of carbonyl (C=O) groups excluding carboxylic acids is 3. The van der Waals surface area contributed by atoms with Crippen molar-refractivity contribution < 1.29 is 23.9 Å². The highest BCUT2D eigenvalue weighted by Gasteiger charge is 2.13. The lowest BCUT2D eigenvalue weighted by Crippen LogP contribution is -2.33. The highest BCUT2D eigenvalue weighted by Crippen LogP contribution is 1.94. The molecule has 0 bridgehead atoms. The lowest BCUT2D eigenvalue weighted by Gasteiger charge is -2.16. The predicted octanol–water partition coefficient (Wildman–Crippen LogP) is 0.0678. The molecule has 0 N–H and O–H groups in total. The molecule has 0 unspecified atom stereocenters. The lowest BCUT2D eigenvalue weighted by atomic mass is 10.7. The average molecular weight is 286 g/mol. The zero-order valence-electron chi connectivity index (χ0n) is 11.9. The summed E-state index contributed by atoms with van der Waals surface area (Å²) in [5.74, 6) is -1.32. The largest absolute Gasteiger partial charge is 0.462 e. The second-order valence-electron chi connectivity index (χ2n) is 3.32. The molecule has 0 saturated carbocycles. The van der Waals surface area contributed by atoms with Gasteiger partial charge in [-0.15, -0.1) is 0 Å². The van der Waals surface area contributed by atoms with E-state index in [1.807, 2.05) is 0 Å². The Morgan fingerprint density at radius 1 is 0.900 bits per heavy atom. The van der Waals surface area contributed by atoms with Crippen LogP contribution in [-0.2, 0) is 19.1 Å². The van der Waals surface area contributed by atoms with Crippen molar-refractivity contribution >= 4 is 30.4 Å². The van der Waals surface area contributed by atoms with Gasteiger partial charge in [-0.1, -0.05) is 0 Å². The van der Waals surface area contributed by atoms with Gasteiger partial charge in [0.05, 0.1) is 13.2 Å². The van der Waals surface area contributed by atoms with E-state index in [0.717, 1.165) is 22.4 Å². The zero-order chi connectivity index (χ0) is 15.5. The summed E-state index contributed by atoms with van der Waals surface area (Å²) in [7, 11) is 2.66. The lowest BCUT2D eigenvalue weighted by molar-refractivity contribution is -0.135. The molecule has 0 heterocycles. The van der Waals surface area contributed by atoms with Crippen LogP contribution < -0.4 is 0 Å². The predicted molar refractivity (Wildman–Crippen MR) is 71.2 cm³/mol. The minimum Gasteiger partial charge on any atom is -0.462 e. The quantitative estimate of drug-likeness (QED) is 0.390. The van der Waals surface area contributed by atoms with Crippen molar-refractivity contribution in [2.45, 2.75) is 13.8 Å². The highest BCUT2D eigenvalue weighted by molar-refractivity contribution is 6.23. The number of amides is 2. The summed E-state index contributed by atoms with van der Waals surface area (Å²) in [6.45, 7) is 3.73. The van der Waals surface area contributed by atoms with Crippen LogP contribution in [0.15, 0.2) is 10.2 Å². The first-order valence-corrected chi connectivity index (χ1v) is 5.85. The van der Waals surface area contributed by atoms with Crippen LogP contribution in [-0.4, -0.2) is 67.7 Å². The van der Waals surface area contributed by atoms with Crippen LogP contribution in [0.2, 0.25) is 0 Å². The van der Waals surface area contributed by atoms with Gasteiger partial charge in [-0.3, -0.25) is 0 Å². The van der Waals surface area contributed by atoms with Crippen molar-refractivity contribution in [1.82, 2.24) is 10.0 Å². The number of ether oxygens (including phenoxy) is 2. The van der Waals surface area contributed by atoms with Crippen molar-refractivity contribution in [3.05, 3.63) is 0 Å². The van der Waals surface area contributed by atoms with Crippen LogP contribution in [0.4, 0.5) is 4.79 Å². The third kappa shape index (κ3) is 7.09. The van der Waals surface area contributed by atoms with Gasteiger partial charge in [0.15, 0.2) is 0 Å². The van der Waals surface area contributed by atoms with Crippen molar-refractivity contribution in [2.24, 2.45) is 10.2 Å². The minimum atomic E-state index is -0.662. The fourth-order valence-corrected chi connectivity index (χ4v) is 0.935. The van der Waals surface area contributed by atoms with E-state index in [1.54, 1.807) is 13.8 Å². The number of hydrogen-bond donors (Lipinski definition) is 0. The molecule has 9 nitrogen and oxygen atoms in total. The van der Waals surface area contributed by atoms with Crippen LogP contribution >= 0.6 is 0 Å². The fraction of sp³-hybridized carbons (Fsp3) is 0.545. The standard InChI is InChI=1S/C11H18N4O5/c1-5-19-9(16)7-12-14(3)11(18)15(4)13-8-10(17)20-6-2/h7-8H,5-6H2,1-4H3. The first-order valence-electron chi connectivity index (χ1n) is 5.85. The second-order valence-corrected chi connectivity index (χ2v) is 3.32. The summed E-state index contributed by atoms with van der Waals surface area (Å²) >= 11 is 0. The van der Waals surface area contributed by atoms with Crippen LogP contribution in [0.3, 0.4) is 0 Å². The van der Waals surface area contributed by atoms with Crippen LogP contribution in [0.25, 0.3) is 0 Å². The molecule has 0 rings (SSSR count). The molecule has 0 aliphatic heterocycles. The van der Waals surface area contributed by atoms with E-state index in [-0.39, 0.29) is 13.2 Å². The van der Waals surface area contributed by atoms with Gasteiger partial charge in [0.1, 0.15) is 12.4 Å². The van der Waals surface area contributed by atoms with E-state index < -0.39 is 18.0 Å². The van der Waals surface area contributed by atoms with Gasteiger partial charge in [0.25, 0.3) is 0 Å². The molecule has 0 aromatic rings. The van der Waals surface area contributed by atoms with Gasteiger partial charge in [-0.25, -0.2) is 24.4 Å². The Morgan fingerprint density at radius 2 is 1.25 bits per heavy atom. The smallest absolute Gasteiger partial charge is 0.360 e. The molecule has 0 spiro atoms. The fourth-order valence-electron chi connectivity index (χ4n) is 0.935. The Morgan fingerprint density at radius 3 is 1.55 bits per heavy atom. The summed E-state index contributed by atoms with van der Waals surface area (Å²) in [5, 5.41) is 8.91. The minimum absolute atomic E-state index is 0.215. The average Bonchev–Trinajstić information content (AvgIpc) is 2.42. The molecule has 0 radical (unpaired) electrons. The van der Waals surface area contributed by atoms with Gasteiger partial charge >= 0.3 is 18.0 Å². The van der Waals surface area contributed by atoms with Gasteiger partial charge in [0.2, 0.25) is 0 Å². The molecule has 2 amide bonds. The number of urea groups is 1. The third-order valence-electron chi connectivity index (χ3n) is 1.80. The number of esters is 2. The SMILES string of the molecule is CCOC(=O)C=NN(C)C(=O)N(C)N=CC(=O)OCC. The van der Waals surface area contributed by atoms with E-state index in [0.29, 0.717) is 0 Å². The van der Waals surface area contributed by atoms with Crippen molar-refractivity contribution in [2.75, 3.05) is 27.3 Å². The van der Waals surface area contributed by atoms with E-state index in [9.17, 15) is 14.4 Å². The molecule has 0 aromatic carbocycles. The maximum atomic E-state index is 11.7. The number of hydrazone groups is 2. The number of nitrogens with zero attached hydrogens (tertiary/aromatic N) is 4. The molecule has 0 aliphatic carbocycles. The number of carbonyl (C=O) groups is 3. The topological polar surface area (TPSA) is 101 Å². The number of hydrogen-bond acceptors (Lipinski definition) is 7. The molecular weight excluding hydrogens is 268 g/mol. The summed E-state index contributed by atoms with van der Waals surface area (Å²) in [6, 6.07) is -0.647. The summed E-state index contributed by atoms with van der Waals surface area (Å²) in [4.78, 5) is 33.7. The summed E-state index contributed by atoms with van der Waals surface area (Å²) in [6.07, 6.45) is 1.73. The van der Waals surface area contributed by atoms with Crippen LogP contribution in [0.1, 0.15) is 13.8 Å². The van der Waals surface area contributed by atoms with Crippen LogP contribution in [0.5, 0.6) is 0 Å². The monoisotopic (exact) mass is 286 g/mol. The Balaban J connectivity index is 4.42. The van der Waals surface area contributed by atoms with Gasteiger partial charge in [-0.2, -0.15) is 10.2 Å². The maximum absolute atomic E-state index is 11.7. The second kappa shape index (κ2) is 9.48. The van der Waals surface area contributed by atoms with Crippen molar-refractivity contribution in [3.8, 4) is 0 Å². The Hall–Kier alpha value is -2.45.